The zero-order valence-electron chi connectivity index (χ0n) is 16.0. The Labute approximate surface area is 157 Å². The van der Waals surface area contributed by atoms with Crippen molar-refractivity contribution in [3.63, 3.8) is 0 Å². The average Bonchev–Trinajstić information content (AvgIpc) is 3.14. The number of halogens is 2. The van der Waals surface area contributed by atoms with E-state index in [-0.39, 0.29) is 30.8 Å². The van der Waals surface area contributed by atoms with Crippen LogP contribution in [0, 0.1) is 0 Å². The Morgan fingerprint density at radius 3 is 2.67 bits per heavy atom. The second kappa shape index (κ2) is 8.07. The number of benzene rings is 1. The monoisotopic (exact) mass is 372 g/mol. The first-order valence-electron chi connectivity index (χ1n) is 9.80. The van der Waals surface area contributed by atoms with Gasteiger partial charge < -0.3 is 4.90 Å². The highest BCUT2D eigenvalue weighted by molar-refractivity contribution is 6.42. The molecular formula is C19H26Cl2N2O. The minimum Gasteiger partial charge on any atom is -0.341 e. The molecule has 2 aliphatic rings. The molecule has 1 aromatic carbocycles. The number of hydrogen-bond donors (Lipinski definition) is 0. The summed E-state index contributed by atoms with van der Waals surface area (Å²) in [7, 11) is 1.84. The Bertz CT molecular complexity index is 654. The first-order valence-corrected chi connectivity index (χ1v) is 9.40. The van der Waals surface area contributed by atoms with Crippen molar-refractivity contribution < 1.29 is 7.54 Å². The number of likely N-dealkylation sites (tertiary alicyclic amines) is 1. The van der Waals surface area contributed by atoms with Crippen molar-refractivity contribution in [2.45, 2.75) is 57.0 Å². The molecule has 0 spiro atoms. The van der Waals surface area contributed by atoms with Gasteiger partial charge in [0.15, 0.2) is 0 Å². The summed E-state index contributed by atoms with van der Waals surface area (Å²) in [6.07, 6.45) is 3.06. The third-order valence-corrected chi connectivity index (χ3v) is 5.94. The maximum absolute atomic E-state index is 12.9. The lowest BCUT2D eigenvalue weighted by molar-refractivity contribution is -0.133. The highest BCUT2D eigenvalue weighted by Gasteiger charge is 2.35. The molecule has 1 aliphatic heterocycles. The van der Waals surface area contributed by atoms with Crippen molar-refractivity contribution in [2.75, 3.05) is 20.1 Å². The van der Waals surface area contributed by atoms with E-state index in [0.29, 0.717) is 22.9 Å². The highest BCUT2D eigenvalue weighted by Crippen LogP contribution is 2.29. The van der Waals surface area contributed by atoms with E-state index in [9.17, 15) is 4.79 Å². The van der Waals surface area contributed by atoms with Crippen molar-refractivity contribution in [3.8, 4) is 0 Å². The SMILES string of the molecule is [3H]C1C[C@@H](N2CCCC2)[C@H](N(C)C(=O)Cc2ccc(Cl)c(Cl)c2)CC1[3H]. The standard InChI is InChI=1S/C19H26Cl2N2O/c1-22(19(24)13-14-8-9-15(20)16(21)12-14)17-6-2-3-7-18(17)23-10-4-5-11-23/h8-9,12,17-18H,2-7,10-11,13H2,1H3/t17-,18-/m1/s1/i2T,3T/t2?,3?,17-,18-. The molecule has 2 fully saturated rings. The summed E-state index contributed by atoms with van der Waals surface area (Å²) in [6, 6.07) is 5.45. The predicted octanol–water partition coefficient (Wildman–Crippen LogP) is 4.40. The summed E-state index contributed by atoms with van der Waals surface area (Å²) >= 11 is 12.0. The van der Waals surface area contributed by atoms with E-state index in [4.69, 9.17) is 25.9 Å². The van der Waals surface area contributed by atoms with E-state index in [0.717, 1.165) is 18.7 Å². The molecule has 4 atom stereocenters. The number of carbonyl (C=O) groups excluding carboxylic acids is 1. The van der Waals surface area contributed by atoms with E-state index in [2.05, 4.69) is 4.90 Å². The fraction of sp³-hybridized carbons (Fsp3) is 0.632. The zero-order valence-corrected chi connectivity index (χ0v) is 15.6. The number of carbonyl (C=O) groups is 1. The lowest BCUT2D eigenvalue weighted by atomic mass is 9.88. The number of likely N-dealkylation sites (N-methyl/N-ethyl adjacent to an activating group) is 1. The molecule has 1 heterocycles. The third-order valence-electron chi connectivity index (χ3n) is 5.21. The van der Waals surface area contributed by atoms with Gasteiger partial charge in [-0.05, 0) is 56.5 Å². The van der Waals surface area contributed by atoms with E-state index >= 15 is 0 Å². The van der Waals surface area contributed by atoms with Crippen LogP contribution in [0.25, 0.3) is 0 Å². The number of rotatable bonds is 4. The van der Waals surface area contributed by atoms with Crippen LogP contribution in [-0.2, 0) is 11.2 Å². The summed E-state index contributed by atoms with van der Waals surface area (Å²) in [5.74, 6) is 0.0215. The summed E-state index contributed by atoms with van der Waals surface area (Å²) in [5.41, 5.74) is 0.838. The van der Waals surface area contributed by atoms with Gasteiger partial charge in [-0.25, -0.2) is 0 Å². The number of nitrogens with zero attached hydrogens (tertiary/aromatic N) is 2. The lowest BCUT2D eigenvalue weighted by Gasteiger charge is -2.42. The van der Waals surface area contributed by atoms with Crippen LogP contribution in [0.15, 0.2) is 18.2 Å². The molecule has 1 amide bonds. The summed E-state index contributed by atoms with van der Waals surface area (Å²) < 4.78 is 16.4. The van der Waals surface area contributed by atoms with E-state index in [1.165, 1.54) is 12.8 Å². The van der Waals surface area contributed by atoms with Gasteiger partial charge in [-0.15, -0.1) is 0 Å². The molecule has 5 heteroatoms. The van der Waals surface area contributed by atoms with E-state index in [1.807, 2.05) is 13.1 Å². The average molecular weight is 373 g/mol. The van der Waals surface area contributed by atoms with Gasteiger partial charge in [0.1, 0.15) is 0 Å². The van der Waals surface area contributed by atoms with Gasteiger partial charge in [-0.1, -0.05) is 42.1 Å². The Kier molecular flexibility index (Phi) is 5.21. The van der Waals surface area contributed by atoms with Crippen LogP contribution >= 0.6 is 23.2 Å². The minimum atomic E-state index is -0.431. The highest BCUT2D eigenvalue weighted by atomic mass is 35.5. The molecule has 24 heavy (non-hydrogen) atoms. The fourth-order valence-electron chi connectivity index (χ4n) is 3.80. The van der Waals surface area contributed by atoms with Gasteiger partial charge in [0.05, 0.1) is 16.5 Å². The van der Waals surface area contributed by atoms with Crippen molar-refractivity contribution in [1.82, 2.24) is 9.80 Å². The van der Waals surface area contributed by atoms with Crippen LogP contribution in [0.1, 0.15) is 46.8 Å². The quantitative estimate of drug-likeness (QED) is 0.781. The van der Waals surface area contributed by atoms with Crippen LogP contribution in [-0.4, -0.2) is 47.9 Å². The first-order chi connectivity index (χ1) is 12.4. The van der Waals surface area contributed by atoms with Gasteiger partial charge in [0.2, 0.25) is 5.91 Å². The van der Waals surface area contributed by atoms with E-state index < -0.39 is 6.40 Å². The number of amides is 1. The van der Waals surface area contributed by atoms with E-state index in [1.54, 1.807) is 17.0 Å². The minimum absolute atomic E-state index is 0.00697. The van der Waals surface area contributed by atoms with Gasteiger partial charge >= 0.3 is 0 Å². The third kappa shape index (κ3) is 4.07. The zero-order chi connectivity index (χ0) is 18.8. The second-order valence-electron chi connectivity index (χ2n) is 6.75. The molecule has 0 aromatic heterocycles. The van der Waals surface area contributed by atoms with Crippen molar-refractivity contribution >= 4 is 29.1 Å². The molecule has 3 nitrogen and oxygen atoms in total. The maximum atomic E-state index is 12.9. The fourth-order valence-corrected chi connectivity index (χ4v) is 4.12. The molecule has 1 aromatic rings. The normalized spacial score (nSPS) is 32.3. The molecule has 1 saturated carbocycles. The van der Waals surface area contributed by atoms with Crippen molar-refractivity contribution in [2.24, 2.45) is 0 Å². The molecule has 2 unspecified atom stereocenters. The van der Waals surface area contributed by atoms with Crippen LogP contribution in [0.3, 0.4) is 0 Å². The van der Waals surface area contributed by atoms with Crippen molar-refractivity contribution in [1.29, 1.82) is 0 Å². The molecule has 1 aliphatic carbocycles. The summed E-state index contributed by atoms with van der Waals surface area (Å²) in [4.78, 5) is 17.1. The molecule has 3 rings (SSSR count). The largest absolute Gasteiger partial charge is 0.341 e. The molecule has 132 valence electrons. The Hall–Kier alpha value is -0.770. The van der Waals surface area contributed by atoms with Gasteiger partial charge in [-0.2, -0.15) is 0 Å². The van der Waals surface area contributed by atoms with Crippen LogP contribution in [0.4, 0.5) is 0 Å². The van der Waals surface area contributed by atoms with Gasteiger partial charge in [0.25, 0.3) is 0 Å². The Balaban J connectivity index is 1.72. The topological polar surface area (TPSA) is 23.6 Å². The second-order valence-corrected chi connectivity index (χ2v) is 7.56. The molecule has 0 radical (unpaired) electrons. The Morgan fingerprint density at radius 2 is 1.96 bits per heavy atom. The van der Waals surface area contributed by atoms with Crippen LogP contribution in [0.5, 0.6) is 0 Å². The molecular weight excluding hydrogens is 343 g/mol. The smallest absolute Gasteiger partial charge is 0.227 e. The van der Waals surface area contributed by atoms with Gasteiger partial charge in [0, 0.05) is 21.9 Å². The van der Waals surface area contributed by atoms with Gasteiger partial charge in [-0.3, -0.25) is 9.69 Å². The maximum Gasteiger partial charge on any atom is 0.227 e. The first kappa shape index (κ1) is 15.5. The lowest BCUT2D eigenvalue weighted by Crippen LogP contribution is -2.53. The summed E-state index contributed by atoms with van der Waals surface area (Å²) in [6.45, 7) is 2.07. The Morgan fingerprint density at radius 1 is 1.25 bits per heavy atom. The number of hydrogen-bond acceptors (Lipinski definition) is 2. The van der Waals surface area contributed by atoms with Crippen molar-refractivity contribution in [3.05, 3.63) is 33.8 Å². The van der Waals surface area contributed by atoms with Crippen LogP contribution in [0.2, 0.25) is 10.0 Å². The molecule has 0 N–H and O–H groups in total. The molecule has 1 saturated heterocycles. The predicted molar refractivity (Wildman–Crippen MR) is 99.8 cm³/mol. The summed E-state index contributed by atoms with van der Waals surface area (Å²) in [5, 5.41) is 0.937. The van der Waals surface area contributed by atoms with Crippen LogP contribution < -0.4 is 0 Å². The molecule has 0 bridgehead atoms.